The molecule has 88 valence electrons. The summed E-state index contributed by atoms with van der Waals surface area (Å²) in [7, 11) is 0. The Bertz CT molecular complexity index is 367. The molecule has 6 heteroatoms. The quantitative estimate of drug-likeness (QED) is 0.366. The number of piperidine rings is 1. The Morgan fingerprint density at radius 2 is 2.25 bits per heavy atom. The van der Waals surface area contributed by atoms with E-state index in [9.17, 15) is 9.59 Å². The fraction of sp³-hybridized carbons (Fsp3) is 0.600. The van der Waals surface area contributed by atoms with Crippen molar-refractivity contribution in [2.75, 3.05) is 6.54 Å². The zero-order valence-corrected chi connectivity index (χ0v) is 9.73. The molecule has 0 bridgehead atoms. The van der Waals surface area contributed by atoms with Crippen molar-refractivity contribution in [2.45, 2.75) is 31.3 Å². The first-order valence-electron chi connectivity index (χ1n) is 5.25. The Morgan fingerprint density at radius 3 is 2.81 bits per heavy atom. The first kappa shape index (κ1) is 11.4. The molecule has 0 aromatic rings. The van der Waals surface area contributed by atoms with Crippen LogP contribution in [0.2, 0.25) is 0 Å². The molecule has 2 atom stereocenters. The largest absolute Gasteiger partial charge is 0.368 e. The van der Waals surface area contributed by atoms with Crippen LogP contribution in [0.3, 0.4) is 0 Å². The highest BCUT2D eigenvalue weighted by Crippen LogP contribution is 2.20. The summed E-state index contributed by atoms with van der Waals surface area (Å²) in [5.41, 5.74) is 2.05. The summed E-state index contributed by atoms with van der Waals surface area (Å²) in [5, 5.41) is 8.45. The van der Waals surface area contributed by atoms with Crippen LogP contribution in [0.25, 0.3) is 0 Å². The third kappa shape index (κ3) is 2.20. The first-order chi connectivity index (χ1) is 7.58. The van der Waals surface area contributed by atoms with Crippen LogP contribution in [0.15, 0.2) is 11.3 Å². The molecule has 0 aliphatic carbocycles. The minimum atomic E-state index is -0.283. The number of nitrogens with one attached hydrogen (secondary N) is 3. The van der Waals surface area contributed by atoms with Gasteiger partial charge in [-0.1, -0.05) is 11.6 Å². The normalized spacial score (nSPS) is 29.6. The number of alkyl halides is 1. The van der Waals surface area contributed by atoms with Gasteiger partial charge in [0.25, 0.3) is 0 Å². The summed E-state index contributed by atoms with van der Waals surface area (Å²) in [5.74, 6) is -0.433. The van der Waals surface area contributed by atoms with Crippen molar-refractivity contribution >= 4 is 23.4 Å². The molecule has 0 saturated carbocycles. The smallest absolute Gasteiger partial charge is 0.243 e. The highest BCUT2D eigenvalue weighted by atomic mass is 35.5. The molecule has 2 rings (SSSR count). The van der Waals surface area contributed by atoms with Crippen molar-refractivity contribution < 1.29 is 9.59 Å². The predicted octanol–water partition coefficient (Wildman–Crippen LogP) is -0.177. The van der Waals surface area contributed by atoms with Crippen LogP contribution in [0, 0.1) is 0 Å². The molecule has 0 aromatic carbocycles. The molecule has 1 fully saturated rings. The maximum atomic E-state index is 11.4. The second kappa shape index (κ2) is 4.43. The van der Waals surface area contributed by atoms with Crippen molar-refractivity contribution in [2.24, 2.45) is 0 Å². The fourth-order valence-electron chi connectivity index (χ4n) is 1.75. The molecule has 1 unspecified atom stereocenters. The molecule has 2 amide bonds. The number of hydrogen-bond acceptors (Lipinski definition) is 4. The van der Waals surface area contributed by atoms with E-state index in [-0.39, 0.29) is 23.4 Å². The zero-order chi connectivity index (χ0) is 11.7. The Morgan fingerprint density at radius 1 is 1.50 bits per heavy atom. The van der Waals surface area contributed by atoms with E-state index < -0.39 is 0 Å². The van der Waals surface area contributed by atoms with Gasteiger partial charge in [0.1, 0.15) is 5.50 Å². The number of carbonyl (C=O) groups is 2. The van der Waals surface area contributed by atoms with Crippen LogP contribution in [-0.4, -0.2) is 29.9 Å². The average Bonchev–Trinajstić information content (AvgIpc) is 2.25. The van der Waals surface area contributed by atoms with Gasteiger partial charge in [0.15, 0.2) is 0 Å². The van der Waals surface area contributed by atoms with Gasteiger partial charge in [-0.3, -0.25) is 14.9 Å². The van der Waals surface area contributed by atoms with Crippen molar-refractivity contribution in [1.29, 1.82) is 0 Å². The number of hydrogen-bond donors (Lipinski definition) is 3. The second-order valence-corrected chi connectivity index (χ2v) is 4.49. The summed E-state index contributed by atoms with van der Waals surface area (Å²) in [6.07, 6.45) is 0.953. The van der Waals surface area contributed by atoms with Gasteiger partial charge in [0.2, 0.25) is 11.8 Å². The summed E-state index contributed by atoms with van der Waals surface area (Å²) < 4.78 is 0. The SMILES string of the molecule is CC1=C(CNC2CCC(=O)NC2=O)N[C@@H]1Cl. The highest BCUT2D eigenvalue weighted by molar-refractivity contribution is 6.23. The number of carbonyl (C=O) groups excluding carboxylic acids is 2. The topological polar surface area (TPSA) is 70.2 Å². The summed E-state index contributed by atoms with van der Waals surface area (Å²) >= 11 is 5.84. The molecule has 2 aliphatic rings. The minimum absolute atomic E-state index is 0.0847. The van der Waals surface area contributed by atoms with Gasteiger partial charge in [-0.2, -0.15) is 0 Å². The molecule has 3 N–H and O–H groups in total. The summed E-state index contributed by atoms with van der Waals surface area (Å²) in [4.78, 5) is 22.3. The van der Waals surface area contributed by atoms with Crippen LogP contribution in [0.1, 0.15) is 19.8 Å². The lowest BCUT2D eigenvalue weighted by Gasteiger charge is -2.31. The molecule has 2 aliphatic heterocycles. The Hall–Kier alpha value is -1.07. The third-order valence-corrected chi connectivity index (χ3v) is 3.36. The average molecular weight is 244 g/mol. The van der Waals surface area contributed by atoms with E-state index in [0.717, 1.165) is 11.3 Å². The molecule has 1 saturated heterocycles. The van der Waals surface area contributed by atoms with Crippen molar-refractivity contribution in [3.8, 4) is 0 Å². The number of halogens is 1. The van der Waals surface area contributed by atoms with Crippen molar-refractivity contribution in [3.05, 3.63) is 11.3 Å². The van der Waals surface area contributed by atoms with Crippen molar-refractivity contribution in [1.82, 2.24) is 16.0 Å². The van der Waals surface area contributed by atoms with Gasteiger partial charge in [-0.05, 0) is 18.9 Å². The van der Waals surface area contributed by atoms with E-state index in [1.54, 1.807) is 0 Å². The molecular formula is C10H14ClN3O2. The van der Waals surface area contributed by atoms with Gasteiger partial charge >= 0.3 is 0 Å². The molecule has 16 heavy (non-hydrogen) atoms. The lowest BCUT2D eigenvalue weighted by atomic mass is 10.0. The maximum absolute atomic E-state index is 11.4. The van der Waals surface area contributed by atoms with Crippen LogP contribution >= 0.6 is 11.6 Å². The lowest BCUT2D eigenvalue weighted by molar-refractivity contribution is -0.134. The van der Waals surface area contributed by atoms with Crippen LogP contribution in [0.4, 0.5) is 0 Å². The molecule has 0 spiro atoms. The number of rotatable bonds is 3. The monoisotopic (exact) mass is 243 g/mol. The van der Waals surface area contributed by atoms with Crippen molar-refractivity contribution in [3.63, 3.8) is 0 Å². The highest BCUT2D eigenvalue weighted by Gasteiger charge is 2.28. The van der Waals surface area contributed by atoms with E-state index in [2.05, 4.69) is 16.0 Å². The maximum Gasteiger partial charge on any atom is 0.243 e. The third-order valence-electron chi connectivity index (χ3n) is 2.92. The standard InChI is InChI=1S/C10H14ClN3O2/c1-5-7(13-9(5)11)4-12-6-2-3-8(15)14-10(6)16/h6,9,12-13H,2-4H2,1H3,(H,14,15,16)/t6?,9-/m0/s1. The Labute approximate surface area is 98.6 Å². The van der Waals surface area contributed by atoms with Gasteiger partial charge in [-0.25, -0.2) is 0 Å². The van der Waals surface area contributed by atoms with Crippen LogP contribution in [-0.2, 0) is 9.59 Å². The predicted molar refractivity (Wildman–Crippen MR) is 59.7 cm³/mol. The summed E-state index contributed by atoms with van der Waals surface area (Å²) in [6, 6.07) is -0.283. The zero-order valence-electron chi connectivity index (χ0n) is 8.97. The number of imide groups is 1. The molecule has 0 radical (unpaired) electrons. The van der Waals surface area contributed by atoms with E-state index in [4.69, 9.17) is 11.6 Å². The fourth-order valence-corrected chi connectivity index (χ4v) is 2.02. The lowest BCUT2D eigenvalue weighted by Crippen LogP contribution is -2.52. The summed E-state index contributed by atoms with van der Waals surface area (Å²) in [6.45, 7) is 2.54. The minimum Gasteiger partial charge on any atom is -0.368 e. The van der Waals surface area contributed by atoms with Crippen LogP contribution in [0.5, 0.6) is 0 Å². The van der Waals surface area contributed by atoms with Crippen LogP contribution < -0.4 is 16.0 Å². The molecule has 2 heterocycles. The van der Waals surface area contributed by atoms with Gasteiger partial charge in [0, 0.05) is 18.7 Å². The Balaban J connectivity index is 1.83. The molecular weight excluding hydrogens is 230 g/mol. The Kier molecular flexibility index (Phi) is 3.16. The van der Waals surface area contributed by atoms with E-state index in [0.29, 0.717) is 19.4 Å². The van der Waals surface area contributed by atoms with Gasteiger partial charge in [0.05, 0.1) is 6.04 Å². The van der Waals surface area contributed by atoms with E-state index in [1.807, 2.05) is 6.92 Å². The molecule has 0 aromatic heterocycles. The van der Waals surface area contributed by atoms with Gasteiger partial charge < -0.3 is 10.6 Å². The van der Waals surface area contributed by atoms with E-state index >= 15 is 0 Å². The first-order valence-corrected chi connectivity index (χ1v) is 5.69. The molecule has 5 nitrogen and oxygen atoms in total. The second-order valence-electron chi connectivity index (χ2n) is 4.05. The van der Waals surface area contributed by atoms with Gasteiger partial charge in [-0.15, -0.1) is 0 Å². The van der Waals surface area contributed by atoms with E-state index in [1.165, 1.54) is 0 Å². The number of amides is 2.